The summed E-state index contributed by atoms with van der Waals surface area (Å²) >= 11 is 36.9. The fraction of sp³-hybridized carbons (Fsp3) is 0.182. The summed E-state index contributed by atoms with van der Waals surface area (Å²) in [5.41, 5.74) is 2.54. The fourth-order valence-electron chi connectivity index (χ4n) is 3.30. The molecule has 3 aromatic carbocycles. The maximum atomic E-state index is 10.3. The zero-order valence-electron chi connectivity index (χ0n) is 16.9. The maximum absolute atomic E-state index is 10.3. The monoisotopic (exact) mass is 552 g/mol. The third-order valence-corrected chi connectivity index (χ3v) is 6.60. The van der Waals surface area contributed by atoms with E-state index in [1.165, 1.54) is 12.1 Å². The minimum Gasteiger partial charge on any atom is -0.506 e. The van der Waals surface area contributed by atoms with Gasteiger partial charge in [-0.25, -0.2) is 0 Å². The van der Waals surface area contributed by atoms with Crippen molar-refractivity contribution < 1.29 is 10.2 Å². The molecule has 0 atom stereocenters. The lowest BCUT2D eigenvalue weighted by atomic mass is 10.1. The van der Waals surface area contributed by atoms with Gasteiger partial charge in [0.05, 0.1) is 31.5 Å². The first-order chi connectivity index (χ1) is 15.0. The van der Waals surface area contributed by atoms with Gasteiger partial charge in [-0.15, -0.1) is 0 Å². The van der Waals surface area contributed by atoms with E-state index in [2.05, 4.69) is 0 Å². The van der Waals surface area contributed by atoms with Crippen LogP contribution in [0.4, 0.5) is 11.4 Å². The zero-order valence-corrected chi connectivity index (χ0v) is 21.5. The molecule has 3 aromatic rings. The van der Waals surface area contributed by atoms with Crippen LogP contribution in [0.1, 0.15) is 11.1 Å². The second kappa shape index (κ2) is 10.3. The molecule has 10 heteroatoms. The number of phenols is 2. The van der Waals surface area contributed by atoms with Crippen molar-refractivity contribution in [3.63, 3.8) is 0 Å². The van der Waals surface area contributed by atoms with Crippen molar-refractivity contribution in [3.8, 4) is 11.5 Å². The predicted octanol–water partition coefficient (Wildman–Crippen LogP) is 8.29. The van der Waals surface area contributed by atoms with E-state index in [4.69, 9.17) is 69.6 Å². The molecule has 0 saturated heterocycles. The maximum Gasteiger partial charge on any atom is 0.139 e. The SMILES string of the molecule is CN(Cc1cc(Cl)cc(Cl)c1O)c1cc(Cl)c(Cl)cc1N(C)Cc1cc(Cl)cc(Cl)c1O. The lowest BCUT2D eigenvalue weighted by Gasteiger charge is -2.29. The van der Waals surface area contributed by atoms with Crippen LogP contribution in [0.5, 0.6) is 11.5 Å². The van der Waals surface area contributed by atoms with Gasteiger partial charge in [0.2, 0.25) is 0 Å². The summed E-state index contributed by atoms with van der Waals surface area (Å²) in [6.07, 6.45) is 0. The molecule has 0 heterocycles. The van der Waals surface area contributed by atoms with Crippen LogP contribution in [0.2, 0.25) is 30.1 Å². The molecule has 0 aliphatic carbocycles. The molecule has 0 unspecified atom stereocenters. The number of phenolic OH excluding ortho intramolecular Hbond substituents is 2. The van der Waals surface area contributed by atoms with E-state index in [9.17, 15) is 10.2 Å². The summed E-state index contributed by atoms with van der Waals surface area (Å²) in [7, 11) is 3.66. The van der Waals surface area contributed by atoms with Crippen LogP contribution < -0.4 is 9.80 Å². The van der Waals surface area contributed by atoms with Crippen molar-refractivity contribution in [1.29, 1.82) is 0 Å². The van der Waals surface area contributed by atoms with Gasteiger partial charge < -0.3 is 20.0 Å². The van der Waals surface area contributed by atoms with Crippen LogP contribution in [0, 0.1) is 0 Å². The molecule has 0 radical (unpaired) electrons. The van der Waals surface area contributed by atoms with Gasteiger partial charge in [0.1, 0.15) is 11.5 Å². The van der Waals surface area contributed by atoms with Gasteiger partial charge in [-0.05, 0) is 36.4 Å². The van der Waals surface area contributed by atoms with Gasteiger partial charge in [-0.3, -0.25) is 0 Å². The molecule has 3 rings (SSSR count). The second-order valence-electron chi connectivity index (χ2n) is 7.26. The van der Waals surface area contributed by atoms with Gasteiger partial charge in [0.15, 0.2) is 0 Å². The van der Waals surface area contributed by atoms with Crippen molar-refractivity contribution >= 4 is 81.0 Å². The lowest BCUT2D eigenvalue weighted by molar-refractivity contribution is 0.467. The van der Waals surface area contributed by atoms with Gasteiger partial charge in [-0.2, -0.15) is 0 Å². The highest BCUT2D eigenvalue weighted by molar-refractivity contribution is 6.42. The molecule has 0 spiro atoms. The second-order valence-corrected chi connectivity index (χ2v) is 9.76. The van der Waals surface area contributed by atoms with Crippen LogP contribution >= 0.6 is 69.6 Å². The summed E-state index contributed by atoms with van der Waals surface area (Å²) in [4.78, 5) is 3.75. The van der Waals surface area contributed by atoms with Gasteiger partial charge >= 0.3 is 0 Å². The molecule has 0 saturated carbocycles. The molecule has 0 fully saturated rings. The lowest BCUT2D eigenvalue weighted by Crippen LogP contribution is -2.23. The van der Waals surface area contributed by atoms with Crippen LogP contribution in [0.25, 0.3) is 0 Å². The molecule has 0 bridgehead atoms. The minimum atomic E-state index is -0.0450. The van der Waals surface area contributed by atoms with Gasteiger partial charge in [0, 0.05) is 48.4 Å². The minimum absolute atomic E-state index is 0.0450. The number of nitrogens with zero attached hydrogens (tertiary/aromatic N) is 2. The van der Waals surface area contributed by atoms with Gasteiger partial charge in [-0.1, -0.05) is 69.6 Å². The van der Waals surface area contributed by atoms with E-state index in [-0.39, 0.29) is 21.5 Å². The van der Waals surface area contributed by atoms with E-state index in [0.717, 1.165) is 11.4 Å². The highest BCUT2D eigenvalue weighted by Crippen LogP contribution is 2.40. The number of hydrogen-bond acceptors (Lipinski definition) is 4. The summed E-state index contributed by atoms with van der Waals surface area (Å²) in [6.45, 7) is 0.582. The molecule has 0 aliphatic rings. The Kier molecular flexibility index (Phi) is 8.08. The van der Waals surface area contributed by atoms with Crippen molar-refractivity contribution in [2.24, 2.45) is 0 Å². The van der Waals surface area contributed by atoms with Crippen molar-refractivity contribution in [3.05, 3.63) is 77.7 Å². The summed E-state index contributed by atoms with van der Waals surface area (Å²) in [5, 5.41) is 22.6. The average Bonchev–Trinajstić information content (AvgIpc) is 2.70. The standard InChI is InChI=1S/C22H18Cl6N2O2/c1-29(9-11-3-13(23)5-17(27)21(11)31)19-7-15(25)16(26)8-20(19)30(2)10-12-4-14(24)6-18(28)22(12)32/h3-8,31-32H,9-10H2,1-2H3. The average molecular weight is 555 g/mol. The van der Waals surface area contributed by atoms with E-state index in [1.807, 2.05) is 23.9 Å². The molecule has 170 valence electrons. The Morgan fingerprint density at radius 2 is 0.906 bits per heavy atom. The molecule has 0 aromatic heterocycles. The number of benzene rings is 3. The number of hydrogen-bond donors (Lipinski definition) is 2. The predicted molar refractivity (Wildman–Crippen MR) is 137 cm³/mol. The van der Waals surface area contributed by atoms with E-state index in [0.29, 0.717) is 44.3 Å². The summed E-state index contributed by atoms with van der Waals surface area (Å²) in [5.74, 6) is -0.0900. The third kappa shape index (κ3) is 5.56. The first kappa shape index (κ1) is 25.2. The summed E-state index contributed by atoms with van der Waals surface area (Å²) < 4.78 is 0. The fourth-order valence-corrected chi connectivity index (χ4v) is 4.69. The molecule has 0 amide bonds. The molecule has 4 nitrogen and oxygen atoms in total. The Hall–Kier alpha value is -1.40. The number of aromatic hydroxyl groups is 2. The Labute approximate surface area is 216 Å². The van der Waals surface area contributed by atoms with Gasteiger partial charge in [0.25, 0.3) is 0 Å². The Bertz CT molecular complexity index is 1080. The summed E-state index contributed by atoms with van der Waals surface area (Å²) in [6, 6.07) is 9.69. The molecule has 0 aliphatic heterocycles. The number of rotatable bonds is 6. The Balaban J connectivity index is 1.98. The van der Waals surface area contributed by atoms with Crippen LogP contribution in [0.3, 0.4) is 0 Å². The molecule has 2 N–H and O–H groups in total. The smallest absolute Gasteiger partial charge is 0.139 e. The van der Waals surface area contributed by atoms with Crippen LogP contribution in [-0.4, -0.2) is 24.3 Å². The molecular weight excluding hydrogens is 537 g/mol. The first-order valence-corrected chi connectivity index (χ1v) is 11.5. The Morgan fingerprint density at radius 1 is 0.562 bits per heavy atom. The largest absolute Gasteiger partial charge is 0.506 e. The van der Waals surface area contributed by atoms with Crippen molar-refractivity contribution in [2.45, 2.75) is 13.1 Å². The van der Waals surface area contributed by atoms with Crippen molar-refractivity contribution in [2.75, 3.05) is 23.9 Å². The van der Waals surface area contributed by atoms with E-state index < -0.39 is 0 Å². The van der Waals surface area contributed by atoms with Crippen LogP contribution in [0.15, 0.2) is 36.4 Å². The molecular formula is C22H18Cl6N2O2. The van der Waals surface area contributed by atoms with Crippen molar-refractivity contribution in [1.82, 2.24) is 0 Å². The normalized spacial score (nSPS) is 11.0. The van der Waals surface area contributed by atoms with E-state index in [1.54, 1.807) is 24.3 Å². The highest BCUT2D eigenvalue weighted by Gasteiger charge is 2.19. The number of anilines is 2. The highest BCUT2D eigenvalue weighted by atomic mass is 35.5. The quantitative estimate of drug-likeness (QED) is 0.322. The first-order valence-electron chi connectivity index (χ1n) is 9.23. The van der Waals surface area contributed by atoms with Crippen LogP contribution in [-0.2, 0) is 13.1 Å². The Morgan fingerprint density at radius 3 is 1.25 bits per heavy atom. The topological polar surface area (TPSA) is 46.9 Å². The zero-order chi connectivity index (χ0) is 23.7. The third-order valence-electron chi connectivity index (χ3n) is 4.87. The molecule has 32 heavy (non-hydrogen) atoms. The van der Waals surface area contributed by atoms with E-state index >= 15 is 0 Å². The number of halogens is 6.